The molecule has 0 aliphatic rings. The van der Waals surface area contributed by atoms with Crippen LogP contribution in [0.4, 0.5) is 16.0 Å². The molecular weight excluding hydrogens is 241 g/mol. The summed E-state index contributed by atoms with van der Waals surface area (Å²) in [6.45, 7) is 4.07. The fourth-order valence-corrected chi connectivity index (χ4v) is 1.70. The van der Waals surface area contributed by atoms with Crippen LogP contribution in [0.1, 0.15) is 19.9 Å². The van der Waals surface area contributed by atoms with Gasteiger partial charge in [-0.15, -0.1) is 0 Å². The monoisotopic (exact) mass is 253 g/mol. The van der Waals surface area contributed by atoms with Gasteiger partial charge in [-0.25, -0.2) is 9.37 Å². The Morgan fingerprint density at radius 3 is 2.82 bits per heavy atom. The number of hydrogen-bond acceptors (Lipinski definition) is 2. The molecule has 1 aromatic carbocycles. The van der Waals surface area contributed by atoms with Gasteiger partial charge in [-0.2, -0.15) is 0 Å². The Hall–Kier alpha value is -1.55. The van der Waals surface area contributed by atoms with Crippen LogP contribution in [-0.4, -0.2) is 9.55 Å². The average molecular weight is 254 g/mol. The molecule has 0 saturated heterocycles. The SMILES string of the molecule is CC(C)n1ccnc1Nc1ccc(Cl)cc1F. The Labute approximate surface area is 104 Å². The van der Waals surface area contributed by atoms with Crippen LogP contribution >= 0.6 is 11.6 Å². The van der Waals surface area contributed by atoms with E-state index in [-0.39, 0.29) is 6.04 Å². The summed E-state index contributed by atoms with van der Waals surface area (Å²) in [5, 5.41) is 3.32. The van der Waals surface area contributed by atoms with E-state index in [0.717, 1.165) is 0 Å². The summed E-state index contributed by atoms with van der Waals surface area (Å²) < 4.78 is 15.5. The van der Waals surface area contributed by atoms with Crippen LogP contribution < -0.4 is 5.32 Å². The van der Waals surface area contributed by atoms with E-state index in [1.54, 1.807) is 18.3 Å². The molecule has 0 unspecified atom stereocenters. The Balaban J connectivity index is 2.28. The zero-order valence-electron chi connectivity index (χ0n) is 9.61. The lowest BCUT2D eigenvalue weighted by Gasteiger charge is -2.13. The van der Waals surface area contributed by atoms with Crippen LogP contribution in [0.2, 0.25) is 5.02 Å². The highest BCUT2D eigenvalue weighted by atomic mass is 35.5. The zero-order chi connectivity index (χ0) is 12.4. The summed E-state index contributed by atoms with van der Waals surface area (Å²) in [4.78, 5) is 4.15. The van der Waals surface area contributed by atoms with Gasteiger partial charge in [0, 0.05) is 23.5 Å². The van der Waals surface area contributed by atoms with E-state index in [1.165, 1.54) is 6.07 Å². The highest BCUT2D eigenvalue weighted by molar-refractivity contribution is 6.30. The van der Waals surface area contributed by atoms with E-state index in [2.05, 4.69) is 10.3 Å². The lowest BCUT2D eigenvalue weighted by molar-refractivity contribution is 0.604. The van der Waals surface area contributed by atoms with E-state index in [0.29, 0.717) is 16.7 Å². The molecule has 0 spiro atoms. The van der Waals surface area contributed by atoms with Gasteiger partial charge in [0.1, 0.15) is 5.82 Å². The summed E-state index contributed by atoms with van der Waals surface area (Å²) >= 11 is 5.69. The number of halogens is 2. The van der Waals surface area contributed by atoms with E-state index >= 15 is 0 Å². The largest absolute Gasteiger partial charge is 0.323 e. The number of rotatable bonds is 3. The molecule has 0 bridgehead atoms. The summed E-state index contributed by atoms with van der Waals surface area (Å²) in [6, 6.07) is 4.76. The van der Waals surface area contributed by atoms with Gasteiger partial charge in [0.25, 0.3) is 0 Å². The van der Waals surface area contributed by atoms with Gasteiger partial charge in [-0.05, 0) is 32.0 Å². The van der Waals surface area contributed by atoms with Crippen molar-refractivity contribution in [1.82, 2.24) is 9.55 Å². The maximum absolute atomic E-state index is 13.6. The van der Waals surface area contributed by atoms with Crippen LogP contribution in [0.15, 0.2) is 30.6 Å². The molecule has 1 aromatic heterocycles. The van der Waals surface area contributed by atoms with Crippen molar-refractivity contribution in [1.29, 1.82) is 0 Å². The number of nitrogens with zero attached hydrogens (tertiary/aromatic N) is 2. The van der Waals surface area contributed by atoms with Crippen molar-refractivity contribution in [3.63, 3.8) is 0 Å². The molecule has 2 rings (SSSR count). The van der Waals surface area contributed by atoms with Gasteiger partial charge in [0.05, 0.1) is 5.69 Å². The first-order chi connectivity index (χ1) is 8.08. The van der Waals surface area contributed by atoms with Gasteiger partial charge in [-0.1, -0.05) is 11.6 Å². The van der Waals surface area contributed by atoms with Crippen molar-refractivity contribution in [3.05, 3.63) is 41.4 Å². The Bertz CT molecular complexity index is 522. The molecule has 5 heteroatoms. The third kappa shape index (κ3) is 2.58. The van der Waals surface area contributed by atoms with Crippen molar-refractivity contribution < 1.29 is 4.39 Å². The molecule has 2 aromatic rings. The van der Waals surface area contributed by atoms with Gasteiger partial charge >= 0.3 is 0 Å². The number of aromatic nitrogens is 2. The Morgan fingerprint density at radius 2 is 2.18 bits per heavy atom. The minimum atomic E-state index is -0.393. The normalized spacial score (nSPS) is 10.9. The molecule has 1 heterocycles. The standard InChI is InChI=1S/C12H13ClFN3/c1-8(2)17-6-5-15-12(17)16-11-4-3-9(13)7-10(11)14/h3-8H,1-2H3,(H,15,16). The van der Waals surface area contributed by atoms with Crippen LogP contribution in [0.25, 0.3) is 0 Å². The molecule has 1 N–H and O–H groups in total. The fraction of sp³-hybridized carbons (Fsp3) is 0.250. The van der Waals surface area contributed by atoms with Gasteiger partial charge in [0.2, 0.25) is 5.95 Å². The molecule has 0 saturated carbocycles. The van der Waals surface area contributed by atoms with E-state index in [4.69, 9.17) is 11.6 Å². The van der Waals surface area contributed by atoms with Crippen molar-refractivity contribution in [3.8, 4) is 0 Å². The van der Waals surface area contributed by atoms with Crippen LogP contribution in [0.3, 0.4) is 0 Å². The second-order valence-corrected chi connectivity index (χ2v) is 4.44. The van der Waals surface area contributed by atoms with Crippen LogP contribution in [0, 0.1) is 5.82 Å². The highest BCUT2D eigenvalue weighted by Gasteiger charge is 2.08. The lowest BCUT2D eigenvalue weighted by Crippen LogP contribution is -2.06. The molecule has 0 aliphatic carbocycles. The number of nitrogens with one attached hydrogen (secondary N) is 1. The maximum Gasteiger partial charge on any atom is 0.207 e. The molecule has 0 radical (unpaired) electrons. The van der Waals surface area contributed by atoms with E-state index in [1.807, 2.05) is 24.6 Å². The predicted molar refractivity (Wildman–Crippen MR) is 67.3 cm³/mol. The van der Waals surface area contributed by atoms with Crippen molar-refractivity contribution >= 4 is 23.2 Å². The summed E-state index contributed by atoms with van der Waals surface area (Å²) in [5.41, 5.74) is 0.363. The number of benzene rings is 1. The van der Waals surface area contributed by atoms with Crippen LogP contribution in [-0.2, 0) is 0 Å². The Morgan fingerprint density at radius 1 is 1.41 bits per heavy atom. The molecule has 0 fully saturated rings. The van der Waals surface area contributed by atoms with Gasteiger partial charge < -0.3 is 9.88 Å². The minimum Gasteiger partial charge on any atom is -0.323 e. The molecule has 17 heavy (non-hydrogen) atoms. The van der Waals surface area contributed by atoms with Gasteiger partial charge in [0.15, 0.2) is 0 Å². The average Bonchev–Trinajstić information content (AvgIpc) is 2.70. The first kappa shape index (κ1) is 11.9. The van der Waals surface area contributed by atoms with E-state index in [9.17, 15) is 4.39 Å². The topological polar surface area (TPSA) is 29.9 Å². The number of anilines is 2. The van der Waals surface area contributed by atoms with Crippen LogP contribution in [0.5, 0.6) is 0 Å². The molecular formula is C12H13ClFN3. The molecule has 0 aliphatic heterocycles. The second-order valence-electron chi connectivity index (χ2n) is 4.00. The summed E-state index contributed by atoms with van der Waals surface area (Å²) in [7, 11) is 0. The second kappa shape index (κ2) is 4.75. The van der Waals surface area contributed by atoms with Crippen molar-refractivity contribution in [2.75, 3.05) is 5.32 Å². The van der Waals surface area contributed by atoms with E-state index < -0.39 is 5.82 Å². The fourth-order valence-electron chi connectivity index (χ4n) is 1.54. The Kier molecular flexibility index (Phi) is 3.33. The summed E-state index contributed by atoms with van der Waals surface area (Å²) in [6.07, 6.45) is 3.52. The number of imidazole rings is 1. The third-order valence-electron chi connectivity index (χ3n) is 2.40. The predicted octanol–water partition coefficient (Wildman–Crippen LogP) is 4.00. The van der Waals surface area contributed by atoms with Crippen molar-refractivity contribution in [2.24, 2.45) is 0 Å². The summed E-state index contributed by atoms with van der Waals surface area (Å²) in [5.74, 6) is 0.219. The molecule has 90 valence electrons. The third-order valence-corrected chi connectivity index (χ3v) is 2.64. The minimum absolute atomic E-state index is 0.260. The quantitative estimate of drug-likeness (QED) is 0.896. The smallest absolute Gasteiger partial charge is 0.207 e. The molecule has 0 atom stereocenters. The first-order valence-corrected chi connectivity index (χ1v) is 5.70. The van der Waals surface area contributed by atoms with Gasteiger partial charge in [-0.3, -0.25) is 0 Å². The number of hydrogen-bond donors (Lipinski definition) is 1. The zero-order valence-corrected chi connectivity index (χ0v) is 10.4. The highest BCUT2D eigenvalue weighted by Crippen LogP contribution is 2.23. The maximum atomic E-state index is 13.6. The molecule has 0 amide bonds. The molecule has 3 nitrogen and oxygen atoms in total. The van der Waals surface area contributed by atoms with Crippen molar-refractivity contribution in [2.45, 2.75) is 19.9 Å². The lowest BCUT2D eigenvalue weighted by atomic mass is 10.3. The first-order valence-electron chi connectivity index (χ1n) is 5.33.